The number of benzene rings is 2. The maximum absolute atomic E-state index is 13.2. The maximum atomic E-state index is 13.2. The van der Waals surface area contributed by atoms with Gasteiger partial charge >= 0.3 is 0 Å². The minimum absolute atomic E-state index is 0.0555. The fraction of sp³-hybridized carbons (Fsp3) is 0.348. The number of hydrogen-bond donors (Lipinski definition) is 3. The summed E-state index contributed by atoms with van der Waals surface area (Å²) < 4.78 is 35.4. The number of ether oxygens (including phenoxy) is 2. The molecule has 0 spiro atoms. The highest BCUT2D eigenvalue weighted by Gasteiger charge is 2.52. The van der Waals surface area contributed by atoms with Crippen LogP contribution in [0.5, 0.6) is 5.75 Å². The highest BCUT2D eigenvalue weighted by Crippen LogP contribution is 2.35. The third-order valence-corrected chi connectivity index (χ3v) is 8.13. The summed E-state index contributed by atoms with van der Waals surface area (Å²) in [5.74, 6) is -0.794. The lowest BCUT2D eigenvalue weighted by Gasteiger charge is -2.34. The molecule has 3 N–H and O–H groups in total. The molecule has 34 heavy (non-hydrogen) atoms. The van der Waals surface area contributed by atoms with Crippen LogP contribution in [0.2, 0.25) is 0 Å². The molecule has 1 fully saturated rings. The normalized spacial score (nSPS) is 15.1. The van der Waals surface area contributed by atoms with E-state index in [2.05, 4.69) is 5.32 Å². The zero-order valence-corrected chi connectivity index (χ0v) is 19.1. The molecule has 0 saturated carbocycles. The Labute approximate surface area is 197 Å². The molecule has 2 amide bonds. The Bertz CT molecular complexity index is 1150. The number of amides is 2. The van der Waals surface area contributed by atoms with E-state index < -0.39 is 20.5 Å². The van der Waals surface area contributed by atoms with Gasteiger partial charge in [0, 0.05) is 25.3 Å². The van der Waals surface area contributed by atoms with Crippen LogP contribution < -0.4 is 15.5 Å². The number of nitrogens with zero attached hydrogens (tertiary/aromatic N) is 1. The van der Waals surface area contributed by atoms with Gasteiger partial charge in [0.05, 0.1) is 23.1 Å². The lowest BCUT2D eigenvalue weighted by Crippen LogP contribution is -2.54. The van der Waals surface area contributed by atoms with Gasteiger partial charge in [0.1, 0.15) is 5.75 Å². The Balaban J connectivity index is 1.53. The van der Waals surface area contributed by atoms with Gasteiger partial charge in [-0.25, -0.2) is 13.9 Å². The van der Waals surface area contributed by atoms with Gasteiger partial charge in [-0.15, -0.1) is 0 Å². The molecule has 0 atom stereocenters. The van der Waals surface area contributed by atoms with Gasteiger partial charge in [0.2, 0.25) is 0 Å². The molecule has 180 valence electrons. The molecule has 0 aliphatic carbocycles. The average molecular weight is 488 g/mol. The van der Waals surface area contributed by atoms with Gasteiger partial charge in [-0.2, -0.15) is 5.26 Å². The van der Waals surface area contributed by atoms with Gasteiger partial charge in [-0.05, 0) is 67.8 Å². The maximum Gasteiger partial charge on any atom is 0.265 e. The van der Waals surface area contributed by atoms with E-state index in [1.54, 1.807) is 24.3 Å². The number of carbonyl (C=O) groups is 2. The van der Waals surface area contributed by atoms with E-state index in [1.165, 1.54) is 29.7 Å². The second-order valence-electron chi connectivity index (χ2n) is 7.67. The summed E-state index contributed by atoms with van der Waals surface area (Å²) in [5, 5.41) is 20.7. The Kier molecular flexibility index (Phi) is 8.22. The van der Waals surface area contributed by atoms with Crippen LogP contribution in [0.25, 0.3) is 0 Å². The second-order valence-corrected chi connectivity index (χ2v) is 9.93. The van der Waals surface area contributed by atoms with Gasteiger partial charge in [-0.1, -0.05) is 0 Å². The first-order chi connectivity index (χ1) is 16.3. The van der Waals surface area contributed by atoms with E-state index in [0.717, 1.165) is 0 Å². The quantitative estimate of drug-likeness (QED) is 0.274. The summed E-state index contributed by atoms with van der Waals surface area (Å²) in [4.78, 5) is 24.3. The molecule has 1 aliphatic heterocycles. The van der Waals surface area contributed by atoms with Crippen LogP contribution in [0.4, 0.5) is 0 Å². The van der Waals surface area contributed by atoms with Crippen LogP contribution in [0.15, 0.2) is 53.4 Å². The topological polar surface area (TPSA) is 155 Å². The van der Waals surface area contributed by atoms with Crippen molar-refractivity contribution in [3.63, 3.8) is 0 Å². The predicted molar refractivity (Wildman–Crippen MR) is 120 cm³/mol. The number of sulfone groups is 1. The summed E-state index contributed by atoms with van der Waals surface area (Å²) in [7, 11) is -4.09. The summed E-state index contributed by atoms with van der Waals surface area (Å²) in [6.45, 7) is 0.839. The van der Waals surface area contributed by atoms with Crippen molar-refractivity contribution >= 4 is 21.7 Å². The van der Waals surface area contributed by atoms with Crippen LogP contribution in [0.3, 0.4) is 0 Å². The lowest BCUT2D eigenvalue weighted by molar-refractivity contribution is -0.134. The van der Waals surface area contributed by atoms with E-state index in [-0.39, 0.29) is 43.5 Å². The molecular formula is C23H25N3O7S. The number of hydrogen-bond acceptors (Lipinski definition) is 8. The zero-order valence-electron chi connectivity index (χ0n) is 18.3. The van der Waals surface area contributed by atoms with Crippen molar-refractivity contribution in [2.45, 2.75) is 28.9 Å². The summed E-state index contributed by atoms with van der Waals surface area (Å²) in [5.41, 5.74) is 2.41. The number of nitrogens with one attached hydrogen (secondary N) is 2. The van der Waals surface area contributed by atoms with Crippen molar-refractivity contribution in [1.82, 2.24) is 10.8 Å². The number of nitriles is 1. The van der Waals surface area contributed by atoms with Crippen molar-refractivity contribution in [2.75, 3.05) is 26.4 Å². The Hall–Kier alpha value is -3.46. The van der Waals surface area contributed by atoms with E-state index in [0.29, 0.717) is 29.8 Å². The molecule has 1 heterocycles. The zero-order chi connectivity index (χ0) is 24.6. The fourth-order valence-electron chi connectivity index (χ4n) is 3.62. The first-order valence-corrected chi connectivity index (χ1v) is 12.1. The van der Waals surface area contributed by atoms with Crippen molar-refractivity contribution in [3.8, 4) is 11.8 Å². The molecule has 2 aromatic rings. The lowest BCUT2D eigenvalue weighted by atomic mass is 9.98. The fourth-order valence-corrected chi connectivity index (χ4v) is 5.56. The van der Waals surface area contributed by atoms with Crippen LogP contribution in [0.1, 0.15) is 35.2 Å². The smallest absolute Gasteiger partial charge is 0.265 e. The van der Waals surface area contributed by atoms with E-state index in [1.807, 2.05) is 6.07 Å². The van der Waals surface area contributed by atoms with Crippen molar-refractivity contribution in [1.29, 1.82) is 5.26 Å². The molecule has 2 aromatic carbocycles. The highest BCUT2D eigenvalue weighted by atomic mass is 32.2. The minimum Gasteiger partial charge on any atom is -0.494 e. The minimum atomic E-state index is -4.09. The molecule has 1 saturated heterocycles. The van der Waals surface area contributed by atoms with E-state index in [4.69, 9.17) is 19.9 Å². The first-order valence-electron chi connectivity index (χ1n) is 10.6. The molecule has 0 bridgehead atoms. The number of rotatable bonds is 9. The molecule has 1 aliphatic rings. The number of hydroxylamine groups is 1. The number of carbonyl (C=O) groups excluding carboxylic acids is 2. The van der Waals surface area contributed by atoms with Gasteiger partial charge < -0.3 is 14.8 Å². The molecule has 11 heteroatoms. The molecule has 0 aromatic heterocycles. The molecule has 3 rings (SSSR count). The molecule has 0 unspecified atom stereocenters. The molecule has 0 radical (unpaired) electrons. The predicted octanol–water partition coefficient (Wildman–Crippen LogP) is 1.59. The average Bonchev–Trinajstić information content (AvgIpc) is 2.88. The Morgan fingerprint density at radius 2 is 1.74 bits per heavy atom. The van der Waals surface area contributed by atoms with Crippen molar-refractivity contribution in [3.05, 3.63) is 59.7 Å². The third-order valence-electron chi connectivity index (χ3n) is 5.62. The van der Waals surface area contributed by atoms with E-state index in [9.17, 15) is 18.0 Å². The SMILES string of the molecule is N#Cc1ccc(C(=O)NCCCOc2ccc(S(=O)(=O)C3(C(=O)NO)CCOCC3)cc2)cc1. The molecule has 10 nitrogen and oxygen atoms in total. The second kappa shape index (κ2) is 11.1. The standard InChI is InChI=1S/C23H25N3O7S/c24-16-17-2-4-18(5-3-17)21(27)25-12-1-13-33-19-6-8-20(9-7-19)34(30,31)23(22(28)26-29)10-14-32-15-11-23/h2-9,29H,1,10-15H2,(H,25,27)(H,26,28). The Morgan fingerprint density at radius 3 is 2.32 bits per heavy atom. The van der Waals surface area contributed by atoms with E-state index >= 15 is 0 Å². The van der Waals surface area contributed by atoms with Crippen molar-refractivity contribution in [2.24, 2.45) is 0 Å². The van der Waals surface area contributed by atoms with Gasteiger partial charge in [0.25, 0.3) is 11.8 Å². The highest BCUT2D eigenvalue weighted by molar-refractivity contribution is 7.93. The third kappa shape index (κ3) is 5.36. The van der Waals surface area contributed by atoms with Crippen molar-refractivity contribution < 1.29 is 32.7 Å². The largest absolute Gasteiger partial charge is 0.494 e. The molecular weight excluding hydrogens is 462 g/mol. The van der Waals surface area contributed by atoms with Crippen LogP contribution in [-0.4, -0.2) is 56.6 Å². The summed E-state index contributed by atoms with van der Waals surface area (Å²) in [6, 6.07) is 14.0. The van der Waals surface area contributed by atoms with Gasteiger partial charge in [0.15, 0.2) is 14.6 Å². The Morgan fingerprint density at radius 1 is 1.09 bits per heavy atom. The summed E-state index contributed by atoms with van der Waals surface area (Å²) in [6.07, 6.45) is 0.393. The van der Waals surface area contributed by atoms with Gasteiger partial charge in [-0.3, -0.25) is 14.8 Å². The van der Waals surface area contributed by atoms with Crippen LogP contribution in [-0.2, 0) is 19.4 Å². The monoisotopic (exact) mass is 487 g/mol. The van der Waals surface area contributed by atoms with Crippen LogP contribution >= 0.6 is 0 Å². The summed E-state index contributed by atoms with van der Waals surface area (Å²) >= 11 is 0. The first kappa shape index (κ1) is 25.2. The van der Waals surface area contributed by atoms with Crippen LogP contribution in [0, 0.1) is 11.3 Å².